The van der Waals surface area contributed by atoms with Gasteiger partial charge in [-0.1, -0.05) is 23.4 Å². The first-order valence-electron chi connectivity index (χ1n) is 8.04. The van der Waals surface area contributed by atoms with Gasteiger partial charge in [-0.3, -0.25) is 0 Å². The number of oxime groups is 1. The van der Waals surface area contributed by atoms with Crippen LogP contribution in [0, 0.1) is 0 Å². The fourth-order valence-corrected chi connectivity index (χ4v) is 2.04. The molecular weight excluding hydrogens is 316 g/mol. The van der Waals surface area contributed by atoms with E-state index in [0.717, 1.165) is 29.1 Å². The summed E-state index contributed by atoms with van der Waals surface area (Å²) < 4.78 is 5.20. The average molecular weight is 340 g/mol. The van der Waals surface area contributed by atoms with Gasteiger partial charge in [0.25, 0.3) is 0 Å². The molecule has 0 aliphatic rings. The van der Waals surface area contributed by atoms with Crippen LogP contribution in [-0.2, 0) is 4.84 Å². The average Bonchev–Trinajstić information content (AvgIpc) is 2.62. The number of benzene rings is 2. The number of likely N-dealkylation sites (N-methyl/N-ethyl adjacent to an activating group) is 1. The molecule has 5 nitrogen and oxygen atoms in total. The second kappa shape index (κ2) is 9.49. The van der Waals surface area contributed by atoms with Crippen molar-refractivity contribution in [3.8, 4) is 11.5 Å². The number of phenolic OH excluding ortho intramolecular Hbond substituents is 1. The number of allylic oxidation sites excluding steroid dienone is 1. The molecule has 1 N–H and O–H groups in total. The van der Waals surface area contributed by atoms with Crippen molar-refractivity contribution in [1.29, 1.82) is 0 Å². The molecule has 0 heterocycles. The summed E-state index contributed by atoms with van der Waals surface area (Å²) >= 11 is 0. The summed E-state index contributed by atoms with van der Waals surface area (Å²) in [6, 6.07) is 14.6. The van der Waals surface area contributed by atoms with E-state index in [4.69, 9.17) is 9.57 Å². The standard InChI is InChI=1S/C20H24N2O3/c1-22(2)14-15-25-21-20(17-7-11-19(24-3)12-8-17)13-6-16-4-9-18(23)10-5-16/h4-13,23H,14-15H2,1-3H3. The molecule has 0 spiro atoms. The lowest BCUT2D eigenvalue weighted by atomic mass is 10.1. The molecule has 0 bridgehead atoms. The van der Waals surface area contributed by atoms with Crippen molar-refractivity contribution in [2.45, 2.75) is 0 Å². The van der Waals surface area contributed by atoms with Crippen LogP contribution >= 0.6 is 0 Å². The van der Waals surface area contributed by atoms with E-state index in [2.05, 4.69) is 5.16 Å². The summed E-state index contributed by atoms with van der Waals surface area (Å²) in [4.78, 5) is 7.49. The molecule has 2 aromatic carbocycles. The van der Waals surface area contributed by atoms with Gasteiger partial charge in [-0.2, -0.15) is 0 Å². The summed E-state index contributed by atoms with van der Waals surface area (Å²) in [6.45, 7) is 1.31. The van der Waals surface area contributed by atoms with Crippen molar-refractivity contribution >= 4 is 11.8 Å². The Kier molecular flexibility index (Phi) is 7.04. The maximum Gasteiger partial charge on any atom is 0.129 e. The van der Waals surface area contributed by atoms with E-state index in [-0.39, 0.29) is 5.75 Å². The van der Waals surface area contributed by atoms with Gasteiger partial charge in [-0.05, 0) is 62.1 Å². The monoisotopic (exact) mass is 340 g/mol. The quantitative estimate of drug-likeness (QED) is 0.455. The number of nitrogens with zero attached hydrogens (tertiary/aromatic N) is 2. The lowest BCUT2D eigenvalue weighted by Crippen LogP contribution is -2.17. The first-order chi connectivity index (χ1) is 12.1. The highest BCUT2D eigenvalue weighted by Crippen LogP contribution is 2.15. The molecule has 5 heteroatoms. The van der Waals surface area contributed by atoms with E-state index in [1.54, 1.807) is 19.2 Å². The molecule has 0 radical (unpaired) electrons. The van der Waals surface area contributed by atoms with Gasteiger partial charge in [0.15, 0.2) is 0 Å². The van der Waals surface area contributed by atoms with Crippen molar-refractivity contribution in [3.63, 3.8) is 0 Å². The predicted octanol–water partition coefficient (Wildman–Crippen LogP) is 3.40. The molecule has 0 fully saturated rings. The van der Waals surface area contributed by atoms with Gasteiger partial charge in [-0.25, -0.2) is 0 Å². The summed E-state index contributed by atoms with van der Waals surface area (Å²) in [5.41, 5.74) is 2.61. The van der Waals surface area contributed by atoms with Crippen molar-refractivity contribution in [2.75, 3.05) is 34.4 Å². The highest BCUT2D eigenvalue weighted by molar-refractivity contribution is 6.10. The second-order valence-corrected chi connectivity index (χ2v) is 5.77. The van der Waals surface area contributed by atoms with Crippen molar-refractivity contribution in [2.24, 2.45) is 5.16 Å². The first-order valence-corrected chi connectivity index (χ1v) is 8.04. The van der Waals surface area contributed by atoms with Crippen LogP contribution in [-0.4, -0.2) is 50.1 Å². The Bertz CT molecular complexity index is 705. The van der Waals surface area contributed by atoms with E-state index in [1.165, 1.54) is 0 Å². The maximum absolute atomic E-state index is 9.37. The van der Waals surface area contributed by atoms with Crippen molar-refractivity contribution in [3.05, 3.63) is 65.7 Å². The van der Waals surface area contributed by atoms with Crippen LogP contribution in [0.1, 0.15) is 11.1 Å². The molecule has 25 heavy (non-hydrogen) atoms. The van der Waals surface area contributed by atoms with E-state index >= 15 is 0 Å². The number of hydrogen-bond acceptors (Lipinski definition) is 5. The lowest BCUT2D eigenvalue weighted by Gasteiger charge is -2.08. The van der Waals surface area contributed by atoms with E-state index < -0.39 is 0 Å². The highest BCUT2D eigenvalue weighted by atomic mass is 16.6. The minimum absolute atomic E-state index is 0.244. The Morgan fingerprint density at radius 2 is 1.76 bits per heavy atom. The third-order valence-electron chi connectivity index (χ3n) is 3.51. The number of methoxy groups -OCH3 is 1. The first kappa shape index (κ1) is 18.5. The van der Waals surface area contributed by atoms with Gasteiger partial charge in [0.2, 0.25) is 0 Å². The summed E-state index contributed by atoms with van der Waals surface area (Å²) in [5, 5.41) is 13.6. The Balaban J connectivity index is 2.17. The van der Waals surface area contributed by atoms with E-state index in [9.17, 15) is 5.11 Å². The van der Waals surface area contributed by atoms with Gasteiger partial charge in [0.05, 0.1) is 7.11 Å². The number of hydrogen-bond donors (Lipinski definition) is 1. The summed E-state index contributed by atoms with van der Waals surface area (Å²) in [6.07, 6.45) is 3.82. The molecular formula is C20H24N2O3. The predicted molar refractivity (Wildman–Crippen MR) is 101 cm³/mol. The Morgan fingerprint density at radius 3 is 2.36 bits per heavy atom. The zero-order valence-corrected chi connectivity index (χ0v) is 14.8. The Labute approximate surface area is 148 Å². The molecule has 0 aliphatic heterocycles. The zero-order chi connectivity index (χ0) is 18.1. The molecule has 0 unspecified atom stereocenters. The normalized spacial score (nSPS) is 11.9. The molecule has 0 aromatic heterocycles. The van der Waals surface area contributed by atoms with Crippen molar-refractivity contribution < 1.29 is 14.7 Å². The highest BCUT2D eigenvalue weighted by Gasteiger charge is 2.02. The molecule has 0 amide bonds. The third-order valence-corrected chi connectivity index (χ3v) is 3.51. The maximum atomic E-state index is 9.37. The molecule has 2 rings (SSSR count). The second-order valence-electron chi connectivity index (χ2n) is 5.77. The molecule has 0 aliphatic carbocycles. The summed E-state index contributed by atoms with van der Waals surface area (Å²) in [7, 11) is 5.61. The molecule has 0 saturated heterocycles. The molecule has 2 aromatic rings. The minimum Gasteiger partial charge on any atom is -0.508 e. The molecule has 0 atom stereocenters. The molecule has 0 saturated carbocycles. The van der Waals surface area contributed by atoms with Crippen LogP contribution < -0.4 is 4.74 Å². The van der Waals surface area contributed by atoms with Crippen LogP contribution in [0.3, 0.4) is 0 Å². The van der Waals surface area contributed by atoms with Crippen molar-refractivity contribution in [1.82, 2.24) is 4.90 Å². The van der Waals surface area contributed by atoms with Gasteiger partial charge in [0, 0.05) is 12.1 Å². The fraction of sp³-hybridized carbons (Fsp3) is 0.250. The zero-order valence-electron chi connectivity index (χ0n) is 14.8. The lowest BCUT2D eigenvalue weighted by molar-refractivity contribution is 0.126. The largest absolute Gasteiger partial charge is 0.508 e. The number of rotatable bonds is 8. The van der Waals surface area contributed by atoms with E-state index in [1.807, 2.05) is 67.5 Å². The SMILES string of the molecule is COc1ccc(C(C=Cc2ccc(O)cc2)=NOCCN(C)C)cc1. The number of aromatic hydroxyl groups is 1. The Hall–Kier alpha value is -2.79. The van der Waals surface area contributed by atoms with Gasteiger partial charge in [-0.15, -0.1) is 0 Å². The van der Waals surface area contributed by atoms with E-state index in [0.29, 0.717) is 6.61 Å². The third kappa shape index (κ3) is 6.31. The van der Waals surface area contributed by atoms with Crippen LogP contribution in [0.25, 0.3) is 6.08 Å². The topological polar surface area (TPSA) is 54.3 Å². The smallest absolute Gasteiger partial charge is 0.129 e. The summed E-state index contributed by atoms with van der Waals surface area (Å²) in [5.74, 6) is 1.03. The Morgan fingerprint density at radius 1 is 1.08 bits per heavy atom. The van der Waals surface area contributed by atoms with Crippen LogP contribution in [0.5, 0.6) is 11.5 Å². The van der Waals surface area contributed by atoms with Gasteiger partial charge < -0.3 is 19.6 Å². The van der Waals surface area contributed by atoms with Crippen LogP contribution in [0.15, 0.2) is 59.8 Å². The van der Waals surface area contributed by atoms with Crippen LogP contribution in [0.4, 0.5) is 0 Å². The number of ether oxygens (including phenoxy) is 1. The fourth-order valence-electron chi connectivity index (χ4n) is 2.04. The van der Waals surface area contributed by atoms with Gasteiger partial charge in [0.1, 0.15) is 23.8 Å². The van der Waals surface area contributed by atoms with Gasteiger partial charge >= 0.3 is 0 Å². The number of phenols is 1. The van der Waals surface area contributed by atoms with Crippen LogP contribution in [0.2, 0.25) is 0 Å². The minimum atomic E-state index is 0.244. The molecule has 132 valence electrons.